The first-order valence-corrected chi connectivity index (χ1v) is 6.31. The predicted molar refractivity (Wildman–Crippen MR) is 74.5 cm³/mol. The molecule has 3 rings (SSSR count). The van der Waals surface area contributed by atoms with E-state index in [1.807, 2.05) is 19.1 Å². The van der Waals surface area contributed by atoms with Crippen LogP contribution in [0.15, 0.2) is 42.7 Å². The average Bonchev–Trinajstić information content (AvgIpc) is 2.75. The zero-order valence-corrected chi connectivity index (χ0v) is 10.9. The summed E-state index contributed by atoms with van der Waals surface area (Å²) in [5, 5.41) is 5.57. The topological polar surface area (TPSA) is 71.1 Å². The Morgan fingerprint density at radius 2 is 1.95 bits per heavy atom. The number of rotatable bonds is 3. The number of imide groups is 1. The van der Waals surface area contributed by atoms with Crippen molar-refractivity contribution in [3.63, 3.8) is 0 Å². The summed E-state index contributed by atoms with van der Waals surface area (Å²) in [6.45, 7) is 2.01. The van der Waals surface area contributed by atoms with Crippen molar-refractivity contribution in [2.45, 2.75) is 13.0 Å². The minimum atomic E-state index is -0.345. The lowest BCUT2D eigenvalue weighted by Crippen LogP contribution is -2.19. The number of pyridine rings is 1. The highest BCUT2D eigenvalue weighted by Gasteiger charge is 2.26. The third-order valence-corrected chi connectivity index (χ3v) is 3.30. The Kier molecular flexibility index (Phi) is 2.95. The van der Waals surface area contributed by atoms with E-state index in [-0.39, 0.29) is 17.9 Å². The van der Waals surface area contributed by atoms with Crippen molar-refractivity contribution in [3.05, 3.63) is 59.4 Å². The molecule has 0 bridgehead atoms. The van der Waals surface area contributed by atoms with Crippen molar-refractivity contribution < 1.29 is 9.59 Å². The molecular formula is C15H13N3O2. The monoisotopic (exact) mass is 267 g/mol. The molecule has 1 unspecified atom stereocenters. The maximum atomic E-state index is 11.6. The standard InChI is InChI=1S/C15H13N3O2/c1-9(10-3-2-6-16-8-10)17-11-4-5-12-13(7-11)15(20)18-14(12)19/h2-9,17H,1H3,(H,18,19,20). The summed E-state index contributed by atoms with van der Waals surface area (Å²) in [7, 11) is 0. The maximum absolute atomic E-state index is 11.6. The van der Waals surface area contributed by atoms with Crippen molar-refractivity contribution >= 4 is 17.5 Å². The first-order chi connectivity index (χ1) is 9.65. The Morgan fingerprint density at radius 1 is 1.15 bits per heavy atom. The first kappa shape index (κ1) is 12.3. The second kappa shape index (κ2) is 4.77. The predicted octanol–water partition coefficient (Wildman–Crippen LogP) is 2.14. The Labute approximate surface area is 116 Å². The number of hydrogen-bond donors (Lipinski definition) is 2. The number of hydrogen-bond acceptors (Lipinski definition) is 4. The molecule has 1 aliphatic heterocycles. The molecule has 1 aromatic carbocycles. The molecule has 5 heteroatoms. The maximum Gasteiger partial charge on any atom is 0.259 e. The molecule has 0 saturated carbocycles. The molecule has 1 aliphatic rings. The minimum absolute atomic E-state index is 0.0573. The van der Waals surface area contributed by atoms with Gasteiger partial charge in [-0.2, -0.15) is 0 Å². The van der Waals surface area contributed by atoms with Gasteiger partial charge < -0.3 is 5.32 Å². The Balaban J connectivity index is 1.84. The van der Waals surface area contributed by atoms with Gasteiger partial charge in [0.05, 0.1) is 17.2 Å². The lowest BCUT2D eigenvalue weighted by molar-refractivity contribution is 0.0879. The number of anilines is 1. The largest absolute Gasteiger partial charge is 0.378 e. The van der Waals surface area contributed by atoms with Crippen molar-refractivity contribution in [3.8, 4) is 0 Å². The van der Waals surface area contributed by atoms with E-state index in [0.717, 1.165) is 11.3 Å². The minimum Gasteiger partial charge on any atom is -0.378 e. The lowest BCUT2D eigenvalue weighted by Gasteiger charge is -2.15. The van der Waals surface area contributed by atoms with E-state index in [1.165, 1.54) is 0 Å². The van der Waals surface area contributed by atoms with E-state index < -0.39 is 0 Å². The number of benzene rings is 1. The number of amides is 2. The molecule has 1 aromatic heterocycles. The van der Waals surface area contributed by atoms with E-state index in [0.29, 0.717) is 11.1 Å². The fourth-order valence-corrected chi connectivity index (χ4v) is 2.22. The number of nitrogens with zero attached hydrogens (tertiary/aromatic N) is 1. The van der Waals surface area contributed by atoms with Gasteiger partial charge in [-0.25, -0.2) is 0 Å². The number of carbonyl (C=O) groups excluding carboxylic acids is 2. The summed E-state index contributed by atoms with van der Waals surface area (Å²) in [6.07, 6.45) is 3.52. The molecule has 100 valence electrons. The molecule has 0 fully saturated rings. The van der Waals surface area contributed by atoms with Gasteiger partial charge in [0.15, 0.2) is 0 Å². The van der Waals surface area contributed by atoms with Gasteiger partial charge >= 0.3 is 0 Å². The average molecular weight is 267 g/mol. The van der Waals surface area contributed by atoms with E-state index in [9.17, 15) is 9.59 Å². The van der Waals surface area contributed by atoms with Crippen LogP contribution in [0.5, 0.6) is 0 Å². The van der Waals surface area contributed by atoms with E-state index >= 15 is 0 Å². The fraction of sp³-hybridized carbons (Fsp3) is 0.133. The Bertz CT molecular complexity index is 683. The molecule has 2 amide bonds. The van der Waals surface area contributed by atoms with Crippen LogP contribution in [0, 0.1) is 0 Å². The quantitative estimate of drug-likeness (QED) is 0.836. The number of carbonyl (C=O) groups is 2. The molecular weight excluding hydrogens is 254 g/mol. The van der Waals surface area contributed by atoms with Gasteiger partial charge in [-0.1, -0.05) is 6.07 Å². The normalized spacial score (nSPS) is 14.7. The third-order valence-electron chi connectivity index (χ3n) is 3.30. The summed E-state index contributed by atoms with van der Waals surface area (Å²) in [5.74, 6) is -0.681. The SMILES string of the molecule is CC(Nc1ccc2c(c1)C(=O)NC2=O)c1cccnc1. The van der Waals surface area contributed by atoms with Crippen LogP contribution in [0.1, 0.15) is 39.2 Å². The molecule has 20 heavy (non-hydrogen) atoms. The van der Waals surface area contributed by atoms with Gasteiger partial charge in [-0.15, -0.1) is 0 Å². The van der Waals surface area contributed by atoms with Crippen LogP contribution in [-0.2, 0) is 0 Å². The number of nitrogens with one attached hydrogen (secondary N) is 2. The van der Waals surface area contributed by atoms with Crippen LogP contribution in [0.25, 0.3) is 0 Å². The molecule has 0 saturated heterocycles. The lowest BCUT2D eigenvalue weighted by atomic mass is 10.1. The van der Waals surface area contributed by atoms with Gasteiger partial charge in [0.2, 0.25) is 0 Å². The van der Waals surface area contributed by atoms with Gasteiger partial charge in [-0.05, 0) is 36.8 Å². The summed E-state index contributed by atoms with van der Waals surface area (Å²) in [4.78, 5) is 27.2. The summed E-state index contributed by atoms with van der Waals surface area (Å²) in [6, 6.07) is 9.07. The van der Waals surface area contributed by atoms with Crippen LogP contribution in [-0.4, -0.2) is 16.8 Å². The van der Waals surface area contributed by atoms with Crippen LogP contribution in [0.3, 0.4) is 0 Å². The van der Waals surface area contributed by atoms with Crippen molar-refractivity contribution in [1.29, 1.82) is 0 Å². The Morgan fingerprint density at radius 3 is 2.70 bits per heavy atom. The molecule has 5 nitrogen and oxygen atoms in total. The van der Waals surface area contributed by atoms with E-state index in [4.69, 9.17) is 0 Å². The third kappa shape index (κ3) is 2.14. The zero-order valence-electron chi connectivity index (χ0n) is 10.9. The fourth-order valence-electron chi connectivity index (χ4n) is 2.22. The summed E-state index contributed by atoms with van der Waals surface area (Å²) in [5.41, 5.74) is 2.69. The highest BCUT2D eigenvalue weighted by molar-refractivity contribution is 6.21. The number of fused-ring (bicyclic) bond motifs is 1. The van der Waals surface area contributed by atoms with E-state index in [2.05, 4.69) is 15.6 Å². The highest BCUT2D eigenvalue weighted by Crippen LogP contribution is 2.23. The Hall–Kier alpha value is -2.69. The molecule has 0 aliphatic carbocycles. The van der Waals surface area contributed by atoms with Crippen molar-refractivity contribution in [1.82, 2.24) is 10.3 Å². The smallest absolute Gasteiger partial charge is 0.259 e. The molecule has 2 N–H and O–H groups in total. The summed E-state index contributed by atoms with van der Waals surface area (Å²) < 4.78 is 0. The molecule has 2 heterocycles. The van der Waals surface area contributed by atoms with E-state index in [1.54, 1.807) is 30.6 Å². The molecule has 0 spiro atoms. The summed E-state index contributed by atoms with van der Waals surface area (Å²) >= 11 is 0. The molecule has 1 atom stereocenters. The molecule has 2 aromatic rings. The van der Waals surface area contributed by atoms with Crippen molar-refractivity contribution in [2.75, 3.05) is 5.32 Å². The highest BCUT2D eigenvalue weighted by atomic mass is 16.2. The van der Waals surface area contributed by atoms with Gasteiger partial charge in [0, 0.05) is 18.1 Å². The van der Waals surface area contributed by atoms with Crippen LogP contribution in [0.4, 0.5) is 5.69 Å². The number of aromatic nitrogens is 1. The van der Waals surface area contributed by atoms with Crippen LogP contribution in [0.2, 0.25) is 0 Å². The first-order valence-electron chi connectivity index (χ1n) is 6.31. The zero-order chi connectivity index (χ0) is 14.1. The second-order valence-electron chi connectivity index (χ2n) is 4.70. The van der Waals surface area contributed by atoms with Gasteiger partial charge in [0.1, 0.15) is 0 Å². The van der Waals surface area contributed by atoms with Crippen molar-refractivity contribution in [2.24, 2.45) is 0 Å². The second-order valence-corrected chi connectivity index (χ2v) is 4.70. The molecule has 0 radical (unpaired) electrons. The van der Waals surface area contributed by atoms with Crippen LogP contribution >= 0.6 is 0 Å². The van der Waals surface area contributed by atoms with Gasteiger partial charge in [-0.3, -0.25) is 19.9 Å². The van der Waals surface area contributed by atoms with Crippen LogP contribution < -0.4 is 10.6 Å². The van der Waals surface area contributed by atoms with Gasteiger partial charge in [0.25, 0.3) is 11.8 Å².